The number of rotatable bonds is 5. The van der Waals surface area contributed by atoms with Crippen LogP contribution >= 0.6 is 0 Å². The zero-order valence-electron chi connectivity index (χ0n) is 10.3. The molecule has 1 aromatic rings. The lowest BCUT2D eigenvalue weighted by molar-refractivity contribution is 0.540. The fourth-order valence-electron chi connectivity index (χ4n) is 1.86. The maximum atomic E-state index is 8.57. The van der Waals surface area contributed by atoms with Gasteiger partial charge in [-0.2, -0.15) is 5.26 Å². The van der Waals surface area contributed by atoms with Crippen LogP contribution in [0.1, 0.15) is 32.8 Å². The molecule has 0 aromatic heterocycles. The van der Waals surface area contributed by atoms with E-state index in [1.807, 2.05) is 24.3 Å². The first-order valence-electron chi connectivity index (χ1n) is 5.84. The predicted molar refractivity (Wildman–Crippen MR) is 68.3 cm³/mol. The molecule has 0 aliphatic carbocycles. The molecule has 0 bridgehead atoms. The Bertz CT molecular complexity index is 346. The lowest BCUT2D eigenvalue weighted by atomic mass is 10.0. The zero-order chi connectivity index (χ0) is 12.0. The summed E-state index contributed by atoms with van der Waals surface area (Å²) in [6, 6.07) is 10.7. The Morgan fingerprint density at radius 2 is 1.81 bits per heavy atom. The first-order chi connectivity index (χ1) is 7.61. The second-order valence-corrected chi connectivity index (χ2v) is 4.71. The zero-order valence-corrected chi connectivity index (χ0v) is 10.3. The molecular weight excluding hydrogens is 196 g/mol. The van der Waals surface area contributed by atoms with Gasteiger partial charge < -0.3 is 5.32 Å². The van der Waals surface area contributed by atoms with Crippen molar-refractivity contribution in [1.82, 2.24) is 0 Å². The van der Waals surface area contributed by atoms with Crippen LogP contribution in [0.3, 0.4) is 0 Å². The van der Waals surface area contributed by atoms with E-state index < -0.39 is 0 Å². The van der Waals surface area contributed by atoms with Crippen LogP contribution < -0.4 is 5.32 Å². The molecule has 0 aliphatic heterocycles. The Labute approximate surface area is 98.3 Å². The maximum absolute atomic E-state index is 8.57. The molecule has 86 valence electrons. The number of benzene rings is 1. The summed E-state index contributed by atoms with van der Waals surface area (Å²) in [6.07, 6.45) is 1.65. The highest BCUT2D eigenvalue weighted by atomic mass is 14.9. The van der Waals surface area contributed by atoms with E-state index in [0.717, 1.165) is 11.3 Å². The molecule has 0 radical (unpaired) electrons. The van der Waals surface area contributed by atoms with E-state index in [4.69, 9.17) is 5.26 Å². The van der Waals surface area contributed by atoms with Gasteiger partial charge in [-0.1, -0.05) is 26.0 Å². The van der Waals surface area contributed by atoms with E-state index in [-0.39, 0.29) is 0 Å². The third-order valence-electron chi connectivity index (χ3n) is 2.48. The molecule has 0 saturated heterocycles. The van der Waals surface area contributed by atoms with Gasteiger partial charge in [0.15, 0.2) is 0 Å². The monoisotopic (exact) mass is 216 g/mol. The summed E-state index contributed by atoms with van der Waals surface area (Å²) >= 11 is 0. The number of nitrogens with one attached hydrogen (secondary N) is 1. The minimum atomic E-state index is 0.488. The minimum absolute atomic E-state index is 0.488. The van der Waals surface area contributed by atoms with Crippen molar-refractivity contribution < 1.29 is 0 Å². The summed E-state index contributed by atoms with van der Waals surface area (Å²) in [5.41, 5.74) is 2.21. The summed E-state index contributed by atoms with van der Waals surface area (Å²) < 4.78 is 0. The second-order valence-electron chi connectivity index (χ2n) is 4.71. The van der Waals surface area contributed by atoms with E-state index in [1.165, 1.54) is 6.42 Å². The highest BCUT2D eigenvalue weighted by molar-refractivity contribution is 5.45. The number of anilines is 1. The molecule has 0 saturated carbocycles. The largest absolute Gasteiger partial charge is 0.383 e. The van der Waals surface area contributed by atoms with Crippen LogP contribution in [0.4, 0.5) is 5.69 Å². The summed E-state index contributed by atoms with van der Waals surface area (Å²) in [5.74, 6) is 0.709. The predicted octanol–water partition coefficient (Wildman–Crippen LogP) is 3.60. The fraction of sp³-hybridized carbons (Fsp3) is 0.500. The summed E-state index contributed by atoms with van der Waals surface area (Å²) in [4.78, 5) is 0. The normalized spacial score (nSPS) is 12.2. The molecule has 2 heteroatoms. The van der Waals surface area contributed by atoms with E-state index in [0.29, 0.717) is 18.4 Å². The Kier molecular flexibility index (Phi) is 4.85. The number of nitrogens with zero attached hydrogens (tertiary/aromatic N) is 1. The molecule has 0 fully saturated rings. The standard InChI is InChI=1S/C14H20N2/c1-11(2)10-12(3)16-14-6-4-13(5-7-14)8-9-15/h4-7,11-12,16H,8,10H2,1-3H3. The Morgan fingerprint density at radius 1 is 1.19 bits per heavy atom. The van der Waals surface area contributed by atoms with Gasteiger partial charge in [0, 0.05) is 11.7 Å². The van der Waals surface area contributed by atoms with Crippen molar-refractivity contribution in [3.05, 3.63) is 29.8 Å². The molecular formula is C14H20N2. The van der Waals surface area contributed by atoms with Crippen molar-refractivity contribution >= 4 is 5.69 Å². The van der Waals surface area contributed by atoms with Crippen molar-refractivity contribution in [2.24, 2.45) is 5.92 Å². The quantitative estimate of drug-likeness (QED) is 0.816. The molecule has 0 spiro atoms. The molecule has 2 nitrogen and oxygen atoms in total. The van der Waals surface area contributed by atoms with Crippen LogP contribution in [0.25, 0.3) is 0 Å². The molecule has 16 heavy (non-hydrogen) atoms. The molecule has 1 atom stereocenters. The van der Waals surface area contributed by atoms with Crippen molar-refractivity contribution in [2.75, 3.05) is 5.32 Å². The van der Waals surface area contributed by atoms with Crippen LogP contribution in [0.5, 0.6) is 0 Å². The van der Waals surface area contributed by atoms with Gasteiger partial charge in [-0.25, -0.2) is 0 Å². The summed E-state index contributed by atoms with van der Waals surface area (Å²) in [5, 5.41) is 12.0. The molecule has 1 rings (SSSR count). The van der Waals surface area contributed by atoms with Crippen LogP contribution in [-0.2, 0) is 6.42 Å². The van der Waals surface area contributed by atoms with Crippen LogP contribution in [0, 0.1) is 17.2 Å². The van der Waals surface area contributed by atoms with Gasteiger partial charge in [-0.05, 0) is 37.0 Å². The van der Waals surface area contributed by atoms with Gasteiger partial charge >= 0.3 is 0 Å². The third kappa shape index (κ3) is 4.35. The molecule has 1 unspecified atom stereocenters. The van der Waals surface area contributed by atoms with Crippen molar-refractivity contribution in [1.29, 1.82) is 5.26 Å². The molecule has 1 N–H and O–H groups in total. The first-order valence-corrected chi connectivity index (χ1v) is 5.84. The molecule has 1 aromatic carbocycles. The number of hydrogen-bond donors (Lipinski definition) is 1. The maximum Gasteiger partial charge on any atom is 0.0669 e. The first kappa shape index (κ1) is 12.6. The average Bonchev–Trinajstić information content (AvgIpc) is 2.20. The lowest BCUT2D eigenvalue weighted by Crippen LogP contribution is -2.17. The van der Waals surface area contributed by atoms with Crippen molar-refractivity contribution in [2.45, 2.75) is 39.7 Å². The minimum Gasteiger partial charge on any atom is -0.383 e. The Hall–Kier alpha value is -1.49. The third-order valence-corrected chi connectivity index (χ3v) is 2.48. The van der Waals surface area contributed by atoms with E-state index in [2.05, 4.69) is 32.2 Å². The molecule has 0 heterocycles. The van der Waals surface area contributed by atoms with Gasteiger partial charge in [0.1, 0.15) is 0 Å². The van der Waals surface area contributed by atoms with Gasteiger partial charge in [0.25, 0.3) is 0 Å². The number of hydrogen-bond acceptors (Lipinski definition) is 2. The van der Waals surface area contributed by atoms with Crippen LogP contribution in [0.2, 0.25) is 0 Å². The fourth-order valence-corrected chi connectivity index (χ4v) is 1.86. The van der Waals surface area contributed by atoms with E-state index >= 15 is 0 Å². The van der Waals surface area contributed by atoms with Gasteiger partial charge in [-0.15, -0.1) is 0 Å². The highest BCUT2D eigenvalue weighted by Gasteiger charge is 2.04. The van der Waals surface area contributed by atoms with Gasteiger partial charge in [0.2, 0.25) is 0 Å². The van der Waals surface area contributed by atoms with Gasteiger partial charge in [0.05, 0.1) is 12.5 Å². The SMILES string of the molecule is CC(C)CC(C)Nc1ccc(CC#N)cc1. The smallest absolute Gasteiger partial charge is 0.0669 e. The second kappa shape index (κ2) is 6.17. The van der Waals surface area contributed by atoms with Crippen LogP contribution in [-0.4, -0.2) is 6.04 Å². The van der Waals surface area contributed by atoms with Crippen LogP contribution in [0.15, 0.2) is 24.3 Å². The topological polar surface area (TPSA) is 35.8 Å². The van der Waals surface area contributed by atoms with E-state index in [9.17, 15) is 0 Å². The highest BCUT2D eigenvalue weighted by Crippen LogP contribution is 2.14. The average molecular weight is 216 g/mol. The molecule has 0 amide bonds. The molecule has 0 aliphatic rings. The van der Waals surface area contributed by atoms with Crippen molar-refractivity contribution in [3.8, 4) is 6.07 Å². The van der Waals surface area contributed by atoms with Gasteiger partial charge in [-0.3, -0.25) is 0 Å². The summed E-state index contributed by atoms with van der Waals surface area (Å²) in [7, 11) is 0. The Morgan fingerprint density at radius 3 is 2.31 bits per heavy atom. The van der Waals surface area contributed by atoms with Crippen molar-refractivity contribution in [3.63, 3.8) is 0 Å². The lowest BCUT2D eigenvalue weighted by Gasteiger charge is -2.17. The number of nitriles is 1. The summed E-state index contributed by atoms with van der Waals surface area (Å²) in [6.45, 7) is 6.66. The van der Waals surface area contributed by atoms with E-state index in [1.54, 1.807) is 0 Å². The Balaban J connectivity index is 2.52.